The van der Waals surface area contributed by atoms with E-state index in [0.29, 0.717) is 18.9 Å². The zero-order valence-electron chi connectivity index (χ0n) is 16.3. The fourth-order valence-electron chi connectivity index (χ4n) is 3.50. The van der Waals surface area contributed by atoms with Crippen LogP contribution in [0.2, 0.25) is 0 Å². The first-order chi connectivity index (χ1) is 12.3. The summed E-state index contributed by atoms with van der Waals surface area (Å²) in [5.74, 6) is 6.90. The first kappa shape index (κ1) is 20.1. The van der Waals surface area contributed by atoms with E-state index in [9.17, 15) is 9.90 Å². The van der Waals surface area contributed by atoms with E-state index < -0.39 is 11.6 Å². The molecule has 1 saturated heterocycles. The van der Waals surface area contributed by atoms with Gasteiger partial charge in [0, 0.05) is 24.7 Å². The number of carbonyl (C=O) groups is 1. The van der Waals surface area contributed by atoms with E-state index in [1.54, 1.807) is 17.3 Å². The van der Waals surface area contributed by atoms with Crippen LogP contribution < -0.4 is 4.74 Å². The van der Waals surface area contributed by atoms with Crippen molar-refractivity contribution in [2.45, 2.75) is 65.3 Å². The monoisotopic (exact) mass is 358 g/mol. The maximum Gasteiger partial charge on any atom is 0.407 e. The lowest BCUT2D eigenvalue weighted by Gasteiger charge is -2.46. The van der Waals surface area contributed by atoms with E-state index in [1.165, 1.54) is 0 Å². The minimum absolute atomic E-state index is 0.229. The van der Waals surface area contributed by atoms with Crippen LogP contribution in [0.3, 0.4) is 0 Å². The second-order valence-electron chi connectivity index (χ2n) is 7.92. The van der Waals surface area contributed by atoms with Gasteiger partial charge in [-0.15, -0.1) is 0 Å². The number of amides is 1. The van der Waals surface area contributed by atoms with Gasteiger partial charge >= 0.3 is 6.09 Å². The van der Waals surface area contributed by atoms with Crippen molar-refractivity contribution in [1.82, 2.24) is 9.88 Å². The number of ether oxygens (including phenoxy) is 1. The minimum Gasteiger partial charge on any atom is -0.489 e. The third kappa shape index (κ3) is 4.49. The standard InChI is InChI=1S/C21H30N2O3/c1-5-6-7-8-10-17-13-18(15-22-14-17)26-16-21(20(2,3)4)11-9-12-23(21)19(24)25/h13-15H,5-7,9,11-12,16H2,1-4H3,(H,24,25). The highest BCUT2D eigenvalue weighted by Crippen LogP contribution is 2.44. The van der Waals surface area contributed by atoms with Crippen molar-refractivity contribution in [1.29, 1.82) is 0 Å². The Bertz CT molecular complexity index is 684. The highest BCUT2D eigenvalue weighted by atomic mass is 16.5. The number of pyridine rings is 1. The number of aromatic nitrogens is 1. The van der Waals surface area contributed by atoms with Gasteiger partial charge in [-0.05, 0) is 30.7 Å². The van der Waals surface area contributed by atoms with Gasteiger partial charge in [0.1, 0.15) is 12.4 Å². The molecule has 0 bridgehead atoms. The lowest BCUT2D eigenvalue weighted by atomic mass is 9.72. The van der Waals surface area contributed by atoms with Gasteiger partial charge in [-0.3, -0.25) is 9.88 Å². The Morgan fingerprint density at radius 1 is 1.42 bits per heavy atom. The molecule has 1 atom stereocenters. The highest BCUT2D eigenvalue weighted by molar-refractivity contribution is 5.67. The van der Waals surface area contributed by atoms with Crippen LogP contribution in [-0.4, -0.2) is 39.8 Å². The third-order valence-corrected chi connectivity index (χ3v) is 5.19. The first-order valence-electron chi connectivity index (χ1n) is 9.37. The molecule has 1 fully saturated rings. The SMILES string of the molecule is CCCCC#Cc1cncc(OCC2(C(C)(C)C)CCCN2C(=O)O)c1. The van der Waals surface area contributed by atoms with Crippen molar-refractivity contribution in [3.8, 4) is 17.6 Å². The number of rotatable bonds is 5. The molecule has 2 heterocycles. The predicted octanol–water partition coefficient (Wildman–Crippen LogP) is 4.56. The Balaban J connectivity index is 2.14. The van der Waals surface area contributed by atoms with E-state index in [4.69, 9.17) is 4.74 Å². The molecular formula is C21H30N2O3. The van der Waals surface area contributed by atoms with Crippen LogP contribution in [-0.2, 0) is 0 Å². The molecule has 2 rings (SSSR count). The second kappa shape index (κ2) is 8.44. The zero-order chi connectivity index (χ0) is 19.2. The maximum absolute atomic E-state index is 11.7. The summed E-state index contributed by atoms with van der Waals surface area (Å²) in [5.41, 5.74) is 0.0547. The molecule has 142 valence electrons. The number of hydrogen-bond donors (Lipinski definition) is 1. The Labute approximate surface area is 156 Å². The Morgan fingerprint density at radius 2 is 2.19 bits per heavy atom. The normalized spacial score (nSPS) is 19.8. The molecule has 1 aliphatic rings. The molecule has 1 N–H and O–H groups in total. The number of carboxylic acid groups (broad SMARTS) is 1. The smallest absolute Gasteiger partial charge is 0.407 e. The highest BCUT2D eigenvalue weighted by Gasteiger charge is 2.52. The predicted molar refractivity (Wildman–Crippen MR) is 102 cm³/mol. The summed E-state index contributed by atoms with van der Waals surface area (Å²) in [6, 6.07) is 1.88. The van der Waals surface area contributed by atoms with E-state index >= 15 is 0 Å². The van der Waals surface area contributed by atoms with Gasteiger partial charge in [-0.25, -0.2) is 4.79 Å². The first-order valence-corrected chi connectivity index (χ1v) is 9.37. The van der Waals surface area contributed by atoms with Crippen molar-refractivity contribution >= 4 is 6.09 Å². The van der Waals surface area contributed by atoms with Crippen LogP contribution in [0.1, 0.15) is 65.4 Å². The van der Waals surface area contributed by atoms with Crippen LogP contribution in [0.15, 0.2) is 18.5 Å². The van der Waals surface area contributed by atoms with E-state index in [2.05, 4.69) is 44.5 Å². The zero-order valence-corrected chi connectivity index (χ0v) is 16.3. The van der Waals surface area contributed by atoms with Crippen molar-refractivity contribution < 1.29 is 14.6 Å². The number of likely N-dealkylation sites (tertiary alicyclic amines) is 1. The second-order valence-corrected chi connectivity index (χ2v) is 7.92. The summed E-state index contributed by atoms with van der Waals surface area (Å²) in [6.45, 7) is 9.24. The summed E-state index contributed by atoms with van der Waals surface area (Å²) in [5, 5.41) is 9.63. The third-order valence-electron chi connectivity index (χ3n) is 5.19. The fraction of sp³-hybridized carbons (Fsp3) is 0.619. The Kier molecular flexibility index (Phi) is 6.52. The molecule has 26 heavy (non-hydrogen) atoms. The van der Waals surface area contributed by atoms with Crippen LogP contribution in [0.5, 0.6) is 5.75 Å². The summed E-state index contributed by atoms with van der Waals surface area (Å²) >= 11 is 0. The fourth-order valence-corrected chi connectivity index (χ4v) is 3.50. The quantitative estimate of drug-likeness (QED) is 0.619. The van der Waals surface area contributed by atoms with E-state index in [0.717, 1.165) is 37.7 Å². The topological polar surface area (TPSA) is 62.7 Å². The molecule has 1 aliphatic heterocycles. The number of unbranched alkanes of at least 4 members (excludes halogenated alkanes) is 2. The molecule has 0 radical (unpaired) electrons. The molecular weight excluding hydrogens is 328 g/mol. The lowest BCUT2D eigenvalue weighted by Crippen LogP contribution is -2.58. The van der Waals surface area contributed by atoms with Crippen molar-refractivity contribution in [2.24, 2.45) is 5.41 Å². The van der Waals surface area contributed by atoms with Crippen molar-refractivity contribution in [2.75, 3.05) is 13.2 Å². The molecule has 1 amide bonds. The summed E-state index contributed by atoms with van der Waals surface area (Å²) < 4.78 is 6.03. The van der Waals surface area contributed by atoms with E-state index in [-0.39, 0.29) is 5.41 Å². The van der Waals surface area contributed by atoms with Crippen LogP contribution in [0.25, 0.3) is 0 Å². The minimum atomic E-state index is -0.880. The number of nitrogens with zero attached hydrogens (tertiary/aromatic N) is 2. The van der Waals surface area contributed by atoms with Crippen molar-refractivity contribution in [3.63, 3.8) is 0 Å². The summed E-state index contributed by atoms with van der Waals surface area (Å²) in [6.07, 6.45) is 7.26. The van der Waals surface area contributed by atoms with Crippen LogP contribution in [0.4, 0.5) is 4.79 Å². The van der Waals surface area contributed by atoms with Gasteiger partial charge in [0.15, 0.2) is 0 Å². The molecule has 0 aliphatic carbocycles. The van der Waals surface area contributed by atoms with Gasteiger partial charge in [-0.1, -0.05) is 46.0 Å². The molecule has 1 aromatic rings. The molecule has 0 saturated carbocycles. The van der Waals surface area contributed by atoms with Crippen molar-refractivity contribution in [3.05, 3.63) is 24.0 Å². The van der Waals surface area contributed by atoms with E-state index in [1.807, 2.05) is 6.07 Å². The molecule has 5 heteroatoms. The molecule has 0 aromatic carbocycles. The average Bonchev–Trinajstić information content (AvgIpc) is 3.03. The average molecular weight is 358 g/mol. The Hall–Kier alpha value is -2.22. The Morgan fingerprint density at radius 3 is 2.85 bits per heavy atom. The van der Waals surface area contributed by atoms with Gasteiger partial charge in [0.2, 0.25) is 0 Å². The summed E-state index contributed by atoms with van der Waals surface area (Å²) in [7, 11) is 0. The number of hydrogen-bond acceptors (Lipinski definition) is 3. The molecule has 5 nitrogen and oxygen atoms in total. The maximum atomic E-state index is 11.7. The van der Waals surface area contributed by atoms with Gasteiger partial charge in [-0.2, -0.15) is 0 Å². The van der Waals surface area contributed by atoms with Crippen LogP contribution in [0, 0.1) is 17.3 Å². The van der Waals surface area contributed by atoms with Gasteiger partial charge < -0.3 is 9.84 Å². The van der Waals surface area contributed by atoms with Gasteiger partial charge in [0.25, 0.3) is 0 Å². The largest absolute Gasteiger partial charge is 0.489 e. The summed E-state index contributed by atoms with van der Waals surface area (Å²) in [4.78, 5) is 17.5. The molecule has 1 unspecified atom stereocenters. The molecule has 1 aromatic heterocycles. The lowest BCUT2D eigenvalue weighted by molar-refractivity contribution is -0.00376. The molecule has 0 spiro atoms. The van der Waals surface area contributed by atoms with Gasteiger partial charge in [0.05, 0.1) is 11.7 Å². The van der Waals surface area contributed by atoms with Crippen LogP contribution >= 0.6 is 0 Å².